The molecule has 1 rings (SSSR count). The van der Waals surface area contributed by atoms with Crippen LogP contribution in [0.2, 0.25) is 0 Å². The molecule has 1 aliphatic carbocycles. The zero-order valence-corrected chi connectivity index (χ0v) is 18.7. The van der Waals surface area contributed by atoms with Crippen LogP contribution in [0.5, 0.6) is 0 Å². The molecule has 4 heteroatoms. The van der Waals surface area contributed by atoms with Crippen molar-refractivity contribution in [2.75, 3.05) is 13.2 Å². The van der Waals surface area contributed by atoms with E-state index in [4.69, 9.17) is 9.84 Å². The Balaban J connectivity index is 2.18. The Morgan fingerprint density at radius 1 is 0.966 bits per heavy atom. The largest absolute Gasteiger partial charge is 0.465 e. The van der Waals surface area contributed by atoms with Crippen molar-refractivity contribution in [1.29, 1.82) is 0 Å². The summed E-state index contributed by atoms with van der Waals surface area (Å²) in [5, 5.41) is 19.0. The van der Waals surface area contributed by atoms with Gasteiger partial charge >= 0.3 is 5.97 Å². The maximum absolute atomic E-state index is 11.7. The van der Waals surface area contributed by atoms with Gasteiger partial charge < -0.3 is 14.9 Å². The number of aliphatic hydroxyl groups excluding tert-OH is 2. The number of esters is 1. The van der Waals surface area contributed by atoms with Crippen LogP contribution < -0.4 is 0 Å². The summed E-state index contributed by atoms with van der Waals surface area (Å²) in [6.45, 7) is 6.38. The topological polar surface area (TPSA) is 66.8 Å². The molecule has 166 valence electrons. The minimum Gasteiger partial charge on any atom is -0.465 e. The lowest BCUT2D eigenvalue weighted by molar-refractivity contribution is -0.153. The Bertz CT molecular complexity index is 527. The molecule has 0 bridgehead atoms. The van der Waals surface area contributed by atoms with Gasteiger partial charge in [0.1, 0.15) is 0 Å². The highest BCUT2D eigenvalue weighted by molar-refractivity contribution is 5.75. The van der Waals surface area contributed by atoms with E-state index >= 15 is 0 Å². The van der Waals surface area contributed by atoms with E-state index in [0.29, 0.717) is 19.1 Å². The molecule has 0 fully saturated rings. The Morgan fingerprint density at radius 2 is 1.66 bits per heavy atom. The summed E-state index contributed by atoms with van der Waals surface area (Å²) in [6, 6.07) is 0. The first-order chi connectivity index (χ1) is 13.9. The lowest BCUT2D eigenvalue weighted by Gasteiger charge is -2.18. The van der Waals surface area contributed by atoms with Gasteiger partial charge in [-0.05, 0) is 65.7 Å². The highest BCUT2D eigenvalue weighted by Gasteiger charge is 2.27. The third-order valence-corrected chi connectivity index (χ3v) is 5.29. The zero-order chi connectivity index (χ0) is 21.5. The van der Waals surface area contributed by atoms with E-state index in [-0.39, 0.29) is 18.0 Å². The fourth-order valence-corrected chi connectivity index (χ4v) is 3.36. The maximum atomic E-state index is 11.7. The van der Waals surface area contributed by atoms with Crippen molar-refractivity contribution in [3.8, 4) is 0 Å². The smallest absolute Gasteiger partial charge is 0.311 e. The molecule has 0 saturated heterocycles. The Hall–Kier alpha value is -1.39. The average molecular weight is 407 g/mol. The number of hydrogen-bond donors (Lipinski definition) is 2. The molecule has 0 amide bonds. The molecular formula is C25H42O4. The highest BCUT2D eigenvalue weighted by atomic mass is 16.5. The monoisotopic (exact) mass is 406 g/mol. The number of rotatable bonds is 14. The second-order valence-electron chi connectivity index (χ2n) is 9.06. The van der Waals surface area contributed by atoms with Crippen molar-refractivity contribution in [3.05, 3.63) is 36.5 Å². The van der Waals surface area contributed by atoms with Crippen LogP contribution in [-0.2, 0) is 9.53 Å². The molecule has 0 aromatic heterocycles. The minimum atomic E-state index is -0.430. The van der Waals surface area contributed by atoms with Gasteiger partial charge in [-0.1, -0.05) is 49.3 Å². The standard InChI is InChI=1S/C25H42O4/c1-25(2,3)24(28)29-20-14-10-6-8-12-16-22-21(17-18-23(22)27)15-11-7-4-5-9-13-19-26/h8,11-12,15,17-18,21-23,26-27H,4-7,9-10,13-14,16,19-20H2,1-3H3/t21-,22+,23-/m0/s1. The SMILES string of the molecule is CC(C)(C)C(=O)OCCCCC=CC[C@@H]1[C@@H](C=CCCCCCCO)C=C[C@@H]1O. The molecule has 29 heavy (non-hydrogen) atoms. The van der Waals surface area contributed by atoms with Gasteiger partial charge in [-0.15, -0.1) is 0 Å². The predicted molar refractivity (Wildman–Crippen MR) is 119 cm³/mol. The quantitative estimate of drug-likeness (QED) is 0.232. The second kappa shape index (κ2) is 14.6. The number of ether oxygens (including phenoxy) is 1. The maximum Gasteiger partial charge on any atom is 0.311 e. The predicted octanol–water partition coefficient (Wildman–Crippen LogP) is 5.35. The molecule has 1 aliphatic rings. The van der Waals surface area contributed by atoms with Crippen LogP contribution in [-0.4, -0.2) is 35.5 Å². The summed E-state index contributed by atoms with van der Waals surface area (Å²) in [4.78, 5) is 11.7. The van der Waals surface area contributed by atoms with Gasteiger partial charge in [-0.3, -0.25) is 4.79 Å². The Labute approximate surface area is 177 Å². The van der Waals surface area contributed by atoms with Crippen molar-refractivity contribution in [2.24, 2.45) is 17.3 Å². The van der Waals surface area contributed by atoms with Crippen LogP contribution in [0.25, 0.3) is 0 Å². The normalized spacial score (nSPS) is 22.2. The first kappa shape index (κ1) is 25.6. The highest BCUT2D eigenvalue weighted by Crippen LogP contribution is 2.30. The van der Waals surface area contributed by atoms with Crippen LogP contribution in [0.4, 0.5) is 0 Å². The van der Waals surface area contributed by atoms with Gasteiger partial charge in [0.2, 0.25) is 0 Å². The number of unbranched alkanes of at least 4 members (excludes halogenated alkanes) is 6. The number of aliphatic hydroxyl groups is 2. The first-order valence-electron chi connectivity index (χ1n) is 11.3. The van der Waals surface area contributed by atoms with Crippen LogP contribution in [0, 0.1) is 17.3 Å². The van der Waals surface area contributed by atoms with Crippen molar-refractivity contribution in [1.82, 2.24) is 0 Å². The molecule has 0 radical (unpaired) electrons. The van der Waals surface area contributed by atoms with Gasteiger partial charge in [0.25, 0.3) is 0 Å². The van der Waals surface area contributed by atoms with E-state index in [9.17, 15) is 9.90 Å². The summed E-state index contributed by atoms with van der Waals surface area (Å²) in [6.07, 6.45) is 21.6. The Morgan fingerprint density at radius 3 is 2.38 bits per heavy atom. The Kier molecular flexibility index (Phi) is 12.9. The third-order valence-electron chi connectivity index (χ3n) is 5.29. The molecule has 3 atom stereocenters. The van der Waals surface area contributed by atoms with E-state index < -0.39 is 5.41 Å². The van der Waals surface area contributed by atoms with E-state index in [1.807, 2.05) is 26.8 Å². The van der Waals surface area contributed by atoms with Crippen LogP contribution >= 0.6 is 0 Å². The first-order valence-corrected chi connectivity index (χ1v) is 11.3. The fraction of sp³-hybridized carbons (Fsp3) is 0.720. The number of carbonyl (C=O) groups is 1. The van der Waals surface area contributed by atoms with Crippen molar-refractivity contribution >= 4 is 5.97 Å². The fourth-order valence-electron chi connectivity index (χ4n) is 3.36. The molecule has 0 spiro atoms. The molecule has 0 heterocycles. The van der Waals surface area contributed by atoms with Gasteiger partial charge in [-0.25, -0.2) is 0 Å². The number of carbonyl (C=O) groups excluding carboxylic acids is 1. The van der Waals surface area contributed by atoms with E-state index in [2.05, 4.69) is 30.4 Å². The molecule has 0 saturated carbocycles. The van der Waals surface area contributed by atoms with E-state index in [1.165, 1.54) is 0 Å². The molecular weight excluding hydrogens is 364 g/mol. The molecule has 0 unspecified atom stereocenters. The number of hydrogen-bond acceptors (Lipinski definition) is 4. The lowest BCUT2D eigenvalue weighted by Crippen LogP contribution is -2.23. The zero-order valence-electron chi connectivity index (χ0n) is 18.7. The molecule has 4 nitrogen and oxygen atoms in total. The van der Waals surface area contributed by atoms with Crippen LogP contribution in [0.3, 0.4) is 0 Å². The third kappa shape index (κ3) is 11.4. The number of allylic oxidation sites excluding steroid dienone is 5. The molecule has 0 aromatic rings. The van der Waals surface area contributed by atoms with Crippen molar-refractivity contribution in [3.63, 3.8) is 0 Å². The van der Waals surface area contributed by atoms with Gasteiger partial charge in [-0.2, -0.15) is 0 Å². The van der Waals surface area contributed by atoms with Crippen molar-refractivity contribution in [2.45, 2.75) is 84.7 Å². The summed E-state index contributed by atoms with van der Waals surface area (Å²) >= 11 is 0. The summed E-state index contributed by atoms with van der Waals surface area (Å²) in [7, 11) is 0. The van der Waals surface area contributed by atoms with Crippen molar-refractivity contribution < 1.29 is 19.7 Å². The van der Waals surface area contributed by atoms with E-state index in [0.717, 1.165) is 57.8 Å². The summed E-state index contributed by atoms with van der Waals surface area (Å²) < 4.78 is 5.27. The summed E-state index contributed by atoms with van der Waals surface area (Å²) in [5.41, 5.74) is -0.430. The molecule has 2 N–H and O–H groups in total. The van der Waals surface area contributed by atoms with Crippen LogP contribution in [0.15, 0.2) is 36.5 Å². The average Bonchev–Trinajstić information content (AvgIpc) is 3.02. The van der Waals surface area contributed by atoms with Gasteiger partial charge in [0, 0.05) is 18.4 Å². The summed E-state index contributed by atoms with van der Waals surface area (Å²) in [5.74, 6) is 0.397. The molecule has 0 aromatic carbocycles. The van der Waals surface area contributed by atoms with Gasteiger partial charge in [0.15, 0.2) is 0 Å². The van der Waals surface area contributed by atoms with E-state index in [1.54, 1.807) is 0 Å². The second-order valence-corrected chi connectivity index (χ2v) is 9.06. The minimum absolute atomic E-state index is 0.139. The lowest BCUT2D eigenvalue weighted by atomic mass is 9.90. The molecule has 0 aliphatic heterocycles. The van der Waals surface area contributed by atoms with Crippen LogP contribution in [0.1, 0.15) is 78.6 Å². The van der Waals surface area contributed by atoms with Gasteiger partial charge in [0.05, 0.1) is 18.1 Å².